The lowest BCUT2D eigenvalue weighted by molar-refractivity contribution is -0.0274. The summed E-state index contributed by atoms with van der Waals surface area (Å²) >= 11 is 0. The number of benzene rings is 1. The van der Waals surface area contributed by atoms with Crippen LogP contribution in [-0.4, -0.2) is 18.1 Å². The highest BCUT2D eigenvalue weighted by Crippen LogP contribution is 2.32. The molecular weight excluding hydrogens is 224 g/mol. The molecule has 0 aliphatic carbocycles. The number of ether oxygens (including phenoxy) is 1. The molecule has 1 saturated heterocycles. The lowest BCUT2D eigenvalue weighted by atomic mass is 9.92. The van der Waals surface area contributed by atoms with Gasteiger partial charge in [0.05, 0.1) is 11.2 Å². The molecule has 3 nitrogen and oxygen atoms in total. The molecule has 2 aromatic rings. The Labute approximate surface area is 107 Å². The highest BCUT2D eigenvalue weighted by molar-refractivity contribution is 5.78. The maximum Gasteiger partial charge on any atom is 0.103 e. The smallest absolute Gasteiger partial charge is 0.103 e. The van der Waals surface area contributed by atoms with E-state index in [1.165, 1.54) is 5.39 Å². The molecule has 1 aliphatic heterocycles. The topological polar surface area (TPSA) is 48.1 Å². The summed E-state index contributed by atoms with van der Waals surface area (Å²) in [6.45, 7) is 1.48. The Balaban J connectivity index is 1.97. The standard InChI is InChI=1S/C15H18N2O/c16-10-12-5-3-9-18-15(12)14-8-7-11-4-1-2-6-13(11)17-14/h1-2,4,6-8,12,15H,3,5,9-10,16H2. The number of hydrogen-bond donors (Lipinski definition) is 1. The largest absolute Gasteiger partial charge is 0.372 e. The molecule has 0 saturated carbocycles. The maximum absolute atomic E-state index is 5.87. The van der Waals surface area contributed by atoms with Gasteiger partial charge >= 0.3 is 0 Å². The molecule has 0 radical (unpaired) electrons. The number of pyridine rings is 1. The van der Waals surface area contributed by atoms with Crippen molar-refractivity contribution < 1.29 is 4.74 Å². The minimum atomic E-state index is 0.0633. The third-order valence-electron chi connectivity index (χ3n) is 3.66. The number of nitrogens with two attached hydrogens (primary N) is 1. The van der Waals surface area contributed by atoms with E-state index in [2.05, 4.69) is 18.2 Å². The van der Waals surface area contributed by atoms with Crippen molar-refractivity contribution in [2.24, 2.45) is 11.7 Å². The minimum Gasteiger partial charge on any atom is -0.372 e. The van der Waals surface area contributed by atoms with Gasteiger partial charge in [0, 0.05) is 17.9 Å². The van der Waals surface area contributed by atoms with Crippen molar-refractivity contribution in [3.05, 3.63) is 42.1 Å². The first-order valence-electron chi connectivity index (χ1n) is 6.56. The van der Waals surface area contributed by atoms with Crippen molar-refractivity contribution in [2.75, 3.05) is 13.2 Å². The molecule has 1 aliphatic rings. The number of aromatic nitrogens is 1. The highest BCUT2D eigenvalue weighted by atomic mass is 16.5. The predicted octanol–water partition coefficient (Wildman–Crippen LogP) is 2.66. The van der Waals surface area contributed by atoms with Crippen LogP contribution in [0.1, 0.15) is 24.6 Å². The Hall–Kier alpha value is -1.45. The molecule has 0 bridgehead atoms. The second-order valence-corrected chi connectivity index (χ2v) is 4.86. The van der Waals surface area contributed by atoms with Gasteiger partial charge in [0.2, 0.25) is 0 Å². The van der Waals surface area contributed by atoms with Gasteiger partial charge in [0.25, 0.3) is 0 Å². The summed E-state index contributed by atoms with van der Waals surface area (Å²) < 4.78 is 5.87. The molecule has 3 heteroatoms. The maximum atomic E-state index is 5.87. The summed E-state index contributed by atoms with van der Waals surface area (Å²) in [6.07, 6.45) is 2.30. The van der Waals surface area contributed by atoms with E-state index in [9.17, 15) is 0 Å². The molecular formula is C15H18N2O. The monoisotopic (exact) mass is 242 g/mol. The molecule has 2 N–H and O–H groups in total. The van der Waals surface area contributed by atoms with Crippen LogP contribution in [0.25, 0.3) is 10.9 Å². The quantitative estimate of drug-likeness (QED) is 0.880. The van der Waals surface area contributed by atoms with E-state index in [-0.39, 0.29) is 6.10 Å². The molecule has 1 aromatic heterocycles. The number of para-hydroxylation sites is 1. The average Bonchev–Trinajstić information content (AvgIpc) is 2.46. The minimum absolute atomic E-state index is 0.0633. The Morgan fingerprint density at radius 2 is 2.11 bits per heavy atom. The molecule has 0 spiro atoms. The number of nitrogens with zero attached hydrogens (tertiary/aromatic N) is 1. The summed E-state index contributed by atoms with van der Waals surface area (Å²) in [5.74, 6) is 0.396. The molecule has 18 heavy (non-hydrogen) atoms. The van der Waals surface area contributed by atoms with E-state index in [4.69, 9.17) is 15.5 Å². The van der Waals surface area contributed by atoms with Crippen LogP contribution in [0.15, 0.2) is 36.4 Å². The Kier molecular flexibility index (Phi) is 3.26. The van der Waals surface area contributed by atoms with Gasteiger partial charge < -0.3 is 10.5 Å². The van der Waals surface area contributed by atoms with Gasteiger partial charge in [-0.15, -0.1) is 0 Å². The van der Waals surface area contributed by atoms with Gasteiger partial charge in [-0.3, -0.25) is 4.98 Å². The van der Waals surface area contributed by atoms with Gasteiger partial charge in [-0.25, -0.2) is 0 Å². The predicted molar refractivity (Wildman–Crippen MR) is 72.2 cm³/mol. The third-order valence-corrected chi connectivity index (χ3v) is 3.66. The number of rotatable bonds is 2. The lowest BCUT2D eigenvalue weighted by Crippen LogP contribution is -2.29. The van der Waals surface area contributed by atoms with Crippen molar-refractivity contribution >= 4 is 10.9 Å². The van der Waals surface area contributed by atoms with Gasteiger partial charge in [-0.2, -0.15) is 0 Å². The van der Waals surface area contributed by atoms with Crippen molar-refractivity contribution in [2.45, 2.75) is 18.9 Å². The molecule has 0 amide bonds. The highest BCUT2D eigenvalue weighted by Gasteiger charge is 2.27. The van der Waals surface area contributed by atoms with Crippen LogP contribution in [-0.2, 0) is 4.74 Å². The van der Waals surface area contributed by atoms with Crippen molar-refractivity contribution in [3.63, 3.8) is 0 Å². The molecule has 1 aromatic carbocycles. The Morgan fingerprint density at radius 3 is 3.00 bits per heavy atom. The van der Waals surface area contributed by atoms with E-state index < -0.39 is 0 Å². The fourth-order valence-corrected chi connectivity index (χ4v) is 2.65. The normalized spacial score (nSPS) is 24.3. The fourth-order valence-electron chi connectivity index (χ4n) is 2.65. The van der Waals surface area contributed by atoms with Crippen LogP contribution >= 0.6 is 0 Å². The van der Waals surface area contributed by atoms with E-state index in [1.807, 2.05) is 18.2 Å². The van der Waals surface area contributed by atoms with Gasteiger partial charge in [0.1, 0.15) is 6.10 Å². The van der Waals surface area contributed by atoms with Crippen LogP contribution in [0.2, 0.25) is 0 Å². The summed E-state index contributed by atoms with van der Waals surface area (Å²) in [7, 11) is 0. The van der Waals surface area contributed by atoms with E-state index in [1.54, 1.807) is 0 Å². The second kappa shape index (κ2) is 5.04. The first-order chi connectivity index (χ1) is 8.88. The average molecular weight is 242 g/mol. The van der Waals surface area contributed by atoms with Crippen LogP contribution in [0, 0.1) is 5.92 Å². The summed E-state index contributed by atoms with van der Waals surface area (Å²) in [4.78, 5) is 4.72. The van der Waals surface area contributed by atoms with Gasteiger partial charge in [-0.1, -0.05) is 24.3 Å². The SMILES string of the molecule is NCC1CCCOC1c1ccc2ccccc2n1. The summed E-state index contributed by atoms with van der Waals surface area (Å²) in [5, 5.41) is 1.17. The first-order valence-corrected chi connectivity index (χ1v) is 6.56. The van der Waals surface area contributed by atoms with Crippen molar-refractivity contribution in [1.29, 1.82) is 0 Å². The van der Waals surface area contributed by atoms with Crippen molar-refractivity contribution in [3.8, 4) is 0 Å². The zero-order chi connectivity index (χ0) is 12.4. The number of fused-ring (bicyclic) bond motifs is 1. The molecule has 2 heterocycles. The lowest BCUT2D eigenvalue weighted by Gasteiger charge is -2.30. The Bertz CT molecular complexity index is 541. The van der Waals surface area contributed by atoms with E-state index in [0.717, 1.165) is 30.7 Å². The van der Waals surface area contributed by atoms with Crippen LogP contribution in [0.3, 0.4) is 0 Å². The Morgan fingerprint density at radius 1 is 1.22 bits per heavy atom. The zero-order valence-electron chi connectivity index (χ0n) is 10.4. The molecule has 2 unspecified atom stereocenters. The fraction of sp³-hybridized carbons (Fsp3) is 0.400. The van der Waals surface area contributed by atoms with Gasteiger partial charge in [-0.05, 0) is 31.5 Å². The molecule has 1 fully saturated rings. The van der Waals surface area contributed by atoms with Crippen LogP contribution in [0.4, 0.5) is 0 Å². The molecule has 3 rings (SSSR count). The number of hydrogen-bond acceptors (Lipinski definition) is 3. The van der Waals surface area contributed by atoms with Crippen LogP contribution < -0.4 is 5.73 Å². The van der Waals surface area contributed by atoms with Crippen LogP contribution in [0.5, 0.6) is 0 Å². The zero-order valence-corrected chi connectivity index (χ0v) is 10.4. The summed E-state index contributed by atoms with van der Waals surface area (Å²) in [6, 6.07) is 12.3. The third kappa shape index (κ3) is 2.11. The second-order valence-electron chi connectivity index (χ2n) is 4.86. The van der Waals surface area contributed by atoms with Gasteiger partial charge in [0.15, 0.2) is 0 Å². The molecule has 94 valence electrons. The van der Waals surface area contributed by atoms with E-state index in [0.29, 0.717) is 12.5 Å². The van der Waals surface area contributed by atoms with E-state index >= 15 is 0 Å². The first kappa shape index (κ1) is 11.6. The van der Waals surface area contributed by atoms with Crippen molar-refractivity contribution in [1.82, 2.24) is 4.98 Å². The summed E-state index contributed by atoms with van der Waals surface area (Å²) in [5.41, 5.74) is 7.88. The molecule has 2 atom stereocenters.